The van der Waals surface area contributed by atoms with Crippen LogP contribution in [0.3, 0.4) is 0 Å². The quantitative estimate of drug-likeness (QED) is 0.867. The minimum atomic E-state index is -0.956. The van der Waals surface area contributed by atoms with Crippen LogP contribution in [-0.4, -0.2) is 21.0 Å². The van der Waals surface area contributed by atoms with E-state index in [2.05, 4.69) is 45.0 Å². The molecule has 0 aliphatic rings. The lowest BCUT2D eigenvalue weighted by Gasteiger charge is -2.18. The van der Waals surface area contributed by atoms with Crippen LogP contribution in [0.4, 0.5) is 0 Å². The van der Waals surface area contributed by atoms with Crippen LogP contribution in [0, 0.1) is 5.92 Å². The number of aromatic nitrogens is 2. The summed E-state index contributed by atoms with van der Waals surface area (Å²) in [5.41, 5.74) is 2.03. The van der Waals surface area contributed by atoms with Crippen LogP contribution in [0.2, 0.25) is 0 Å². The maximum atomic E-state index is 11.0. The Morgan fingerprint density at radius 2 is 1.91 bits per heavy atom. The topological polar surface area (TPSA) is 63.1 Å². The number of rotatable bonds is 5. The van der Waals surface area contributed by atoms with Gasteiger partial charge in [0.15, 0.2) is 0 Å². The number of thiazole rings is 2. The minimum absolute atomic E-state index is 0.0547. The van der Waals surface area contributed by atoms with Crippen molar-refractivity contribution in [3.8, 4) is 0 Å². The number of hydrogen-bond acceptors (Lipinski definition) is 5. The van der Waals surface area contributed by atoms with E-state index in [1.165, 1.54) is 11.3 Å². The van der Waals surface area contributed by atoms with Crippen molar-refractivity contribution in [2.75, 3.05) is 0 Å². The first-order valence-electron chi connectivity index (χ1n) is 7.32. The SMILES string of the molecule is CC(C)C(Cc1nc(C(C)(C)C)cs1)c1csc(C(=O)O)n1. The maximum absolute atomic E-state index is 11.0. The zero-order valence-corrected chi connectivity index (χ0v) is 15.2. The molecule has 0 aromatic carbocycles. The smallest absolute Gasteiger partial charge is 0.365 e. The van der Waals surface area contributed by atoms with Gasteiger partial charge in [0.05, 0.1) is 16.4 Å². The second kappa shape index (κ2) is 6.46. The second-order valence-corrected chi connectivity index (χ2v) is 8.61. The summed E-state index contributed by atoms with van der Waals surface area (Å²) >= 11 is 2.87. The number of carboxylic acid groups (broad SMARTS) is 1. The van der Waals surface area contributed by atoms with E-state index in [1.807, 2.05) is 5.38 Å². The third-order valence-corrected chi connectivity index (χ3v) is 5.32. The van der Waals surface area contributed by atoms with Crippen LogP contribution >= 0.6 is 22.7 Å². The lowest BCUT2D eigenvalue weighted by Crippen LogP contribution is -2.13. The van der Waals surface area contributed by atoms with E-state index < -0.39 is 5.97 Å². The van der Waals surface area contributed by atoms with E-state index in [0.29, 0.717) is 5.92 Å². The molecule has 0 amide bonds. The van der Waals surface area contributed by atoms with E-state index in [1.54, 1.807) is 11.3 Å². The Hall–Kier alpha value is -1.27. The molecule has 0 aliphatic carbocycles. The lowest BCUT2D eigenvalue weighted by molar-refractivity contribution is 0.0696. The fraction of sp³-hybridized carbons (Fsp3) is 0.562. The molecule has 0 bridgehead atoms. The molecule has 0 aliphatic heterocycles. The van der Waals surface area contributed by atoms with Crippen molar-refractivity contribution < 1.29 is 9.90 Å². The number of aromatic carboxylic acids is 1. The van der Waals surface area contributed by atoms with Crippen LogP contribution in [0.1, 0.15) is 66.7 Å². The van der Waals surface area contributed by atoms with Gasteiger partial charge < -0.3 is 5.11 Å². The molecule has 1 N–H and O–H groups in total. The van der Waals surface area contributed by atoms with E-state index >= 15 is 0 Å². The average molecular weight is 338 g/mol. The molecule has 2 rings (SSSR count). The van der Waals surface area contributed by atoms with Crippen molar-refractivity contribution in [2.24, 2.45) is 5.92 Å². The summed E-state index contributed by atoms with van der Waals surface area (Å²) in [6.07, 6.45) is 0.807. The van der Waals surface area contributed by atoms with Crippen LogP contribution < -0.4 is 0 Å². The summed E-state index contributed by atoms with van der Waals surface area (Å²) in [6, 6.07) is 0. The van der Waals surface area contributed by atoms with Gasteiger partial charge in [0, 0.05) is 28.5 Å². The van der Waals surface area contributed by atoms with Crippen LogP contribution in [-0.2, 0) is 11.8 Å². The molecular weight excluding hydrogens is 316 g/mol. The second-order valence-electron chi connectivity index (χ2n) is 6.81. The van der Waals surface area contributed by atoms with Crippen molar-refractivity contribution in [3.63, 3.8) is 0 Å². The Bertz CT molecular complexity index is 653. The molecular formula is C16H22N2O2S2. The normalized spacial score (nSPS) is 13.5. The van der Waals surface area contributed by atoms with Gasteiger partial charge >= 0.3 is 5.97 Å². The van der Waals surface area contributed by atoms with Gasteiger partial charge in [-0.3, -0.25) is 0 Å². The Labute approximate surface area is 139 Å². The van der Waals surface area contributed by atoms with Crippen LogP contribution in [0.5, 0.6) is 0 Å². The standard InChI is InChI=1S/C16H22N2O2S2/c1-9(2)10(11-7-22-14(17-11)15(19)20)6-13-18-12(8-21-13)16(3,4)5/h7-10H,6H2,1-5H3,(H,19,20). The van der Waals surface area contributed by atoms with Gasteiger partial charge in [0.2, 0.25) is 5.01 Å². The minimum Gasteiger partial charge on any atom is -0.476 e. The summed E-state index contributed by atoms with van der Waals surface area (Å²) in [5, 5.41) is 14.3. The lowest BCUT2D eigenvalue weighted by atomic mass is 9.90. The first-order chi connectivity index (χ1) is 10.2. The summed E-state index contributed by atoms with van der Waals surface area (Å²) in [4.78, 5) is 20.0. The fourth-order valence-corrected chi connectivity index (χ4v) is 3.97. The average Bonchev–Trinajstić information content (AvgIpc) is 3.04. The molecule has 4 nitrogen and oxygen atoms in total. The molecule has 22 heavy (non-hydrogen) atoms. The molecule has 120 valence electrons. The summed E-state index contributed by atoms with van der Waals surface area (Å²) in [6.45, 7) is 10.8. The van der Waals surface area contributed by atoms with E-state index in [4.69, 9.17) is 10.1 Å². The van der Waals surface area contributed by atoms with Gasteiger partial charge in [0.25, 0.3) is 0 Å². The van der Waals surface area contributed by atoms with Crippen molar-refractivity contribution >= 4 is 28.6 Å². The molecule has 2 aromatic rings. The maximum Gasteiger partial charge on any atom is 0.365 e. The van der Waals surface area contributed by atoms with Gasteiger partial charge in [-0.1, -0.05) is 34.6 Å². The van der Waals surface area contributed by atoms with Gasteiger partial charge in [-0.15, -0.1) is 22.7 Å². The van der Waals surface area contributed by atoms with Gasteiger partial charge in [0.1, 0.15) is 0 Å². The van der Waals surface area contributed by atoms with Crippen LogP contribution in [0.15, 0.2) is 10.8 Å². The number of carbonyl (C=O) groups is 1. The third-order valence-electron chi connectivity index (χ3n) is 3.60. The van der Waals surface area contributed by atoms with Gasteiger partial charge in [-0.05, 0) is 5.92 Å². The molecule has 6 heteroatoms. The van der Waals surface area contributed by atoms with Gasteiger partial charge in [-0.2, -0.15) is 0 Å². The Kier molecular flexibility index (Phi) is 5.02. The summed E-state index contributed by atoms with van der Waals surface area (Å²) in [5.74, 6) is -0.378. The Morgan fingerprint density at radius 3 is 2.36 bits per heavy atom. The molecule has 0 spiro atoms. The Morgan fingerprint density at radius 1 is 1.23 bits per heavy atom. The molecule has 0 saturated heterocycles. The molecule has 2 aromatic heterocycles. The van der Waals surface area contributed by atoms with E-state index in [0.717, 1.165) is 22.8 Å². The van der Waals surface area contributed by atoms with E-state index in [-0.39, 0.29) is 16.3 Å². The summed E-state index contributed by atoms with van der Waals surface area (Å²) in [7, 11) is 0. The zero-order chi connectivity index (χ0) is 16.5. The first kappa shape index (κ1) is 17.1. The number of hydrogen-bond donors (Lipinski definition) is 1. The highest BCUT2D eigenvalue weighted by atomic mass is 32.1. The molecule has 0 saturated carbocycles. The number of nitrogens with zero attached hydrogens (tertiary/aromatic N) is 2. The first-order valence-corrected chi connectivity index (χ1v) is 9.08. The van der Waals surface area contributed by atoms with Crippen molar-refractivity contribution in [2.45, 2.75) is 52.4 Å². The summed E-state index contributed by atoms with van der Waals surface area (Å²) < 4.78 is 0. The van der Waals surface area contributed by atoms with Crippen LogP contribution in [0.25, 0.3) is 0 Å². The van der Waals surface area contributed by atoms with Crippen molar-refractivity contribution in [3.05, 3.63) is 32.2 Å². The zero-order valence-electron chi connectivity index (χ0n) is 13.6. The largest absolute Gasteiger partial charge is 0.476 e. The number of carboxylic acids is 1. The van der Waals surface area contributed by atoms with E-state index in [9.17, 15) is 4.79 Å². The fourth-order valence-electron chi connectivity index (χ4n) is 2.17. The van der Waals surface area contributed by atoms with Crippen molar-refractivity contribution in [1.82, 2.24) is 9.97 Å². The molecule has 2 heterocycles. The Balaban J connectivity index is 2.22. The highest BCUT2D eigenvalue weighted by Crippen LogP contribution is 2.32. The predicted octanol–water partition coefficient (Wildman–Crippen LogP) is 4.58. The molecule has 1 unspecified atom stereocenters. The predicted molar refractivity (Wildman–Crippen MR) is 91.2 cm³/mol. The highest BCUT2D eigenvalue weighted by molar-refractivity contribution is 7.11. The van der Waals surface area contributed by atoms with Crippen molar-refractivity contribution in [1.29, 1.82) is 0 Å². The molecule has 0 fully saturated rings. The molecule has 1 atom stereocenters. The molecule has 0 radical (unpaired) electrons. The highest BCUT2D eigenvalue weighted by Gasteiger charge is 2.24. The monoisotopic (exact) mass is 338 g/mol. The third kappa shape index (κ3) is 3.93. The van der Waals surface area contributed by atoms with Gasteiger partial charge in [-0.25, -0.2) is 14.8 Å².